The molecular weight excluding hydrogens is 350 g/mol. The van der Waals surface area contributed by atoms with Gasteiger partial charge in [0.1, 0.15) is 11.6 Å². The highest BCUT2D eigenvalue weighted by molar-refractivity contribution is 5.79. The zero-order valence-electron chi connectivity index (χ0n) is 16.9. The lowest BCUT2D eigenvalue weighted by molar-refractivity contribution is 0.409. The van der Waals surface area contributed by atoms with Gasteiger partial charge in [0.05, 0.1) is 18.1 Å². The summed E-state index contributed by atoms with van der Waals surface area (Å²) in [5.41, 5.74) is 3.44. The molecule has 0 atom stereocenters. The Morgan fingerprint density at radius 2 is 1.82 bits per heavy atom. The molecule has 2 aromatic carbocycles. The Morgan fingerprint density at radius 1 is 1.07 bits per heavy atom. The Kier molecular flexibility index (Phi) is 6.89. The number of imidazole rings is 1. The second-order valence-electron chi connectivity index (χ2n) is 6.64. The van der Waals surface area contributed by atoms with Crippen LogP contribution in [0.2, 0.25) is 0 Å². The van der Waals surface area contributed by atoms with Crippen LogP contribution in [0, 0.1) is 6.92 Å². The highest BCUT2D eigenvalue weighted by Crippen LogP contribution is 2.17. The maximum Gasteiger partial charge on any atom is 0.190 e. The number of benzene rings is 2. The van der Waals surface area contributed by atoms with Crippen LogP contribution >= 0.6 is 0 Å². The molecule has 1 heterocycles. The summed E-state index contributed by atoms with van der Waals surface area (Å²) in [4.78, 5) is 8.93. The fraction of sp³-hybridized carbons (Fsp3) is 0.364. The number of ether oxygens (including phenoxy) is 1. The second kappa shape index (κ2) is 9.78. The maximum atomic E-state index is 5.40. The van der Waals surface area contributed by atoms with Crippen LogP contribution in [0.4, 0.5) is 0 Å². The Morgan fingerprint density at radius 3 is 2.64 bits per heavy atom. The number of rotatable bonds is 8. The number of nitrogens with zero attached hydrogens (tertiary/aromatic N) is 3. The summed E-state index contributed by atoms with van der Waals surface area (Å²) in [6, 6.07) is 16.4. The van der Waals surface area contributed by atoms with Crippen LogP contribution in [0.25, 0.3) is 11.0 Å². The van der Waals surface area contributed by atoms with Crippen molar-refractivity contribution in [3.8, 4) is 5.75 Å². The van der Waals surface area contributed by atoms with Gasteiger partial charge in [-0.25, -0.2) is 4.98 Å². The standard InChI is InChI=1S/C22H29N5O/c1-17-26-19-10-5-6-11-20(19)27(17)16-8-14-24-22(23-2)25-15-13-18-9-4-7-12-21(18)28-3/h4-7,9-12H,8,13-16H2,1-3H3,(H2,23,24,25). The molecule has 3 aromatic rings. The first kappa shape index (κ1) is 19.7. The van der Waals surface area contributed by atoms with E-state index in [4.69, 9.17) is 4.74 Å². The van der Waals surface area contributed by atoms with Crippen molar-refractivity contribution in [2.75, 3.05) is 27.2 Å². The van der Waals surface area contributed by atoms with Crippen LogP contribution in [0.15, 0.2) is 53.5 Å². The first-order valence-electron chi connectivity index (χ1n) is 9.71. The van der Waals surface area contributed by atoms with Gasteiger partial charge in [-0.3, -0.25) is 4.99 Å². The molecule has 6 heteroatoms. The Bertz CT molecular complexity index is 932. The van der Waals surface area contributed by atoms with Gasteiger partial charge < -0.3 is 19.9 Å². The van der Waals surface area contributed by atoms with E-state index in [1.807, 2.05) is 24.3 Å². The van der Waals surface area contributed by atoms with Crippen molar-refractivity contribution < 1.29 is 4.74 Å². The first-order chi connectivity index (χ1) is 13.7. The van der Waals surface area contributed by atoms with Gasteiger partial charge in [0.15, 0.2) is 5.96 Å². The van der Waals surface area contributed by atoms with E-state index in [1.54, 1.807) is 14.2 Å². The number of para-hydroxylation sites is 3. The first-order valence-corrected chi connectivity index (χ1v) is 9.71. The van der Waals surface area contributed by atoms with E-state index >= 15 is 0 Å². The van der Waals surface area contributed by atoms with E-state index in [0.717, 1.165) is 55.5 Å². The lowest BCUT2D eigenvalue weighted by Gasteiger charge is -2.13. The molecule has 0 aliphatic carbocycles. The minimum atomic E-state index is 0.797. The van der Waals surface area contributed by atoms with Crippen LogP contribution in [-0.4, -0.2) is 42.8 Å². The second-order valence-corrected chi connectivity index (χ2v) is 6.64. The number of aromatic nitrogens is 2. The average molecular weight is 380 g/mol. The summed E-state index contributed by atoms with van der Waals surface area (Å²) in [5.74, 6) is 2.80. The molecule has 148 valence electrons. The molecule has 2 N–H and O–H groups in total. The van der Waals surface area contributed by atoms with Crippen LogP contribution in [0.1, 0.15) is 17.8 Å². The average Bonchev–Trinajstić information content (AvgIpc) is 3.05. The molecule has 0 aliphatic heterocycles. The van der Waals surface area contributed by atoms with Crippen molar-refractivity contribution in [1.29, 1.82) is 0 Å². The van der Waals surface area contributed by atoms with Crippen LogP contribution in [0.3, 0.4) is 0 Å². The molecule has 1 aromatic heterocycles. The Hall–Kier alpha value is -3.02. The highest BCUT2D eigenvalue weighted by atomic mass is 16.5. The minimum Gasteiger partial charge on any atom is -0.496 e. The Balaban J connectivity index is 1.44. The van der Waals surface area contributed by atoms with Crippen molar-refractivity contribution >= 4 is 17.0 Å². The number of hydrogen-bond acceptors (Lipinski definition) is 3. The largest absolute Gasteiger partial charge is 0.496 e. The van der Waals surface area contributed by atoms with E-state index < -0.39 is 0 Å². The topological polar surface area (TPSA) is 63.5 Å². The Labute approximate surface area is 166 Å². The SMILES string of the molecule is CN=C(NCCCn1c(C)nc2ccccc21)NCCc1ccccc1OC. The molecule has 6 nitrogen and oxygen atoms in total. The van der Waals surface area contributed by atoms with Gasteiger partial charge in [-0.05, 0) is 43.5 Å². The molecule has 0 fully saturated rings. The van der Waals surface area contributed by atoms with Gasteiger partial charge in [0.2, 0.25) is 0 Å². The van der Waals surface area contributed by atoms with E-state index in [-0.39, 0.29) is 0 Å². The minimum absolute atomic E-state index is 0.797. The number of methoxy groups -OCH3 is 1. The number of hydrogen-bond donors (Lipinski definition) is 2. The van der Waals surface area contributed by atoms with Gasteiger partial charge in [-0.2, -0.15) is 0 Å². The summed E-state index contributed by atoms with van der Waals surface area (Å²) in [5, 5.41) is 6.76. The third kappa shape index (κ3) is 4.82. The summed E-state index contributed by atoms with van der Waals surface area (Å²) in [6.45, 7) is 4.63. The normalized spacial score (nSPS) is 11.6. The lowest BCUT2D eigenvalue weighted by atomic mass is 10.1. The summed E-state index contributed by atoms with van der Waals surface area (Å²) >= 11 is 0. The predicted molar refractivity (Wildman–Crippen MR) is 115 cm³/mol. The summed E-state index contributed by atoms with van der Waals surface area (Å²) < 4.78 is 7.68. The molecule has 0 spiro atoms. The summed E-state index contributed by atoms with van der Waals surface area (Å²) in [6.07, 6.45) is 1.87. The quantitative estimate of drug-likeness (QED) is 0.359. The van der Waals surface area contributed by atoms with Gasteiger partial charge in [-0.15, -0.1) is 0 Å². The van der Waals surface area contributed by atoms with E-state index in [2.05, 4.69) is 56.4 Å². The van der Waals surface area contributed by atoms with Crippen LogP contribution < -0.4 is 15.4 Å². The van der Waals surface area contributed by atoms with Crippen molar-refractivity contribution in [1.82, 2.24) is 20.2 Å². The monoisotopic (exact) mass is 379 g/mol. The van der Waals surface area contributed by atoms with Gasteiger partial charge in [0, 0.05) is 26.7 Å². The number of guanidine groups is 1. The molecule has 0 bridgehead atoms. The molecule has 0 saturated carbocycles. The van der Waals surface area contributed by atoms with E-state index in [0.29, 0.717) is 0 Å². The van der Waals surface area contributed by atoms with E-state index in [1.165, 1.54) is 11.1 Å². The lowest BCUT2D eigenvalue weighted by Crippen LogP contribution is -2.39. The summed E-state index contributed by atoms with van der Waals surface area (Å²) in [7, 11) is 3.50. The molecular formula is C22H29N5O. The zero-order chi connectivity index (χ0) is 19.8. The number of aryl methyl sites for hydroxylation is 2. The third-order valence-electron chi connectivity index (χ3n) is 4.80. The number of aliphatic imine (C=N–C) groups is 1. The third-order valence-corrected chi connectivity index (χ3v) is 4.80. The molecule has 0 aliphatic rings. The number of fused-ring (bicyclic) bond motifs is 1. The fourth-order valence-corrected chi connectivity index (χ4v) is 3.37. The molecule has 0 amide bonds. The number of nitrogens with one attached hydrogen (secondary N) is 2. The van der Waals surface area contributed by atoms with E-state index in [9.17, 15) is 0 Å². The van der Waals surface area contributed by atoms with Crippen LogP contribution in [-0.2, 0) is 13.0 Å². The van der Waals surface area contributed by atoms with Crippen molar-refractivity contribution in [2.24, 2.45) is 4.99 Å². The van der Waals surface area contributed by atoms with Crippen molar-refractivity contribution in [2.45, 2.75) is 26.3 Å². The maximum absolute atomic E-state index is 5.40. The fourth-order valence-electron chi connectivity index (χ4n) is 3.37. The molecule has 0 radical (unpaired) electrons. The molecule has 28 heavy (non-hydrogen) atoms. The van der Waals surface area contributed by atoms with Crippen molar-refractivity contribution in [3.05, 3.63) is 59.9 Å². The predicted octanol–water partition coefficient (Wildman–Crippen LogP) is 3.15. The van der Waals surface area contributed by atoms with Crippen molar-refractivity contribution in [3.63, 3.8) is 0 Å². The molecule has 0 unspecified atom stereocenters. The molecule has 0 saturated heterocycles. The van der Waals surface area contributed by atoms with Gasteiger partial charge in [0.25, 0.3) is 0 Å². The van der Waals surface area contributed by atoms with Gasteiger partial charge >= 0.3 is 0 Å². The highest BCUT2D eigenvalue weighted by Gasteiger charge is 2.06. The molecule has 3 rings (SSSR count). The van der Waals surface area contributed by atoms with Crippen LogP contribution in [0.5, 0.6) is 5.75 Å². The smallest absolute Gasteiger partial charge is 0.190 e. The van der Waals surface area contributed by atoms with Gasteiger partial charge in [-0.1, -0.05) is 30.3 Å². The zero-order valence-corrected chi connectivity index (χ0v) is 16.9.